The number of rotatable bonds is 12. The van der Waals surface area contributed by atoms with Gasteiger partial charge in [-0.3, -0.25) is 4.79 Å². The Kier molecular flexibility index (Phi) is 10.7. The lowest BCUT2D eigenvalue weighted by Crippen LogP contribution is -2.43. The lowest BCUT2D eigenvalue weighted by Gasteiger charge is -2.29. The Hall–Kier alpha value is -5.02. The number of methoxy groups -OCH3 is 1. The molecule has 0 heterocycles. The van der Waals surface area contributed by atoms with E-state index in [9.17, 15) is 41.4 Å². The van der Waals surface area contributed by atoms with Gasteiger partial charge in [0.2, 0.25) is 21.7 Å². The predicted molar refractivity (Wildman–Crippen MR) is 180 cm³/mol. The van der Waals surface area contributed by atoms with Crippen LogP contribution >= 0.6 is 0 Å². The van der Waals surface area contributed by atoms with Gasteiger partial charge in [-0.25, -0.2) is 35.2 Å². The number of sulfonamides is 1. The summed E-state index contributed by atoms with van der Waals surface area (Å²) in [6, 6.07) is 14.8. The highest BCUT2D eigenvalue weighted by molar-refractivity contribution is 7.89. The molecule has 0 aliphatic heterocycles. The first-order valence-corrected chi connectivity index (χ1v) is 17.4. The number of aromatic hydroxyl groups is 1. The summed E-state index contributed by atoms with van der Waals surface area (Å²) in [4.78, 5) is 24.9. The summed E-state index contributed by atoms with van der Waals surface area (Å²) in [6.07, 6.45) is 1.90. The summed E-state index contributed by atoms with van der Waals surface area (Å²) in [6.45, 7) is 3.70. The van der Waals surface area contributed by atoms with Crippen molar-refractivity contribution in [3.63, 3.8) is 0 Å². The van der Waals surface area contributed by atoms with E-state index in [1.807, 2.05) is 32.9 Å². The van der Waals surface area contributed by atoms with E-state index in [0.717, 1.165) is 41.0 Å². The summed E-state index contributed by atoms with van der Waals surface area (Å²) in [5, 5.41) is 20.0. The van der Waals surface area contributed by atoms with Crippen LogP contribution in [0.3, 0.4) is 0 Å². The van der Waals surface area contributed by atoms with Gasteiger partial charge in [-0.05, 0) is 59.1 Å². The lowest BCUT2D eigenvalue weighted by molar-refractivity contribution is -0.119. The van der Waals surface area contributed by atoms with Gasteiger partial charge in [-0.15, -0.1) is 0 Å². The molecule has 0 saturated heterocycles. The third-order valence-corrected chi connectivity index (χ3v) is 10.5. The van der Waals surface area contributed by atoms with Crippen LogP contribution < -0.4 is 9.64 Å². The fourth-order valence-corrected chi connectivity index (χ4v) is 7.18. The van der Waals surface area contributed by atoms with E-state index in [-0.39, 0.29) is 39.2 Å². The van der Waals surface area contributed by atoms with Gasteiger partial charge in [0, 0.05) is 23.9 Å². The topological polar surface area (TPSA) is 124 Å². The molecule has 1 amide bonds. The molecule has 0 spiro atoms. The number of hydrogen-bond acceptors (Lipinski definition) is 6. The molecule has 0 aromatic heterocycles. The average molecular weight is 747 g/mol. The van der Waals surface area contributed by atoms with Crippen LogP contribution in [0.25, 0.3) is 0 Å². The summed E-state index contributed by atoms with van der Waals surface area (Å²) in [5.74, 6) is -15.7. The van der Waals surface area contributed by atoms with Crippen molar-refractivity contribution in [1.29, 1.82) is 0 Å². The van der Waals surface area contributed by atoms with Gasteiger partial charge < -0.3 is 19.8 Å². The van der Waals surface area contributed by atoms with Crippen molar-refractivity contribution >= 4 is 27.6 Å². The van der Waals surface area contributed by atoms with E-state index >= 15 is 8.78 Å². The number of carbonyl (C=O) groups is 2. The molecule has 9 nitrogen and oxygen atoms in total. The minimum atomic E-state index is -5.69. The van der Waals surface area contributed by atoms with Crippen molar-refractivity contribution < 1.29 is 54.9 Å². The molecule has 0 unspecified atom stereocenters. The molecule has 52 heavy (non-hydrogen) atoms. The first-order valence-electron chi connectivity index (χ1n) is 16.0. The lowest BCUT2D eigenvalue weighted by atomic mass is 9.84. The summed E-state index contributed by atoms with van der Waals surface area (Å²) in [5.41, 5.74) is 1.70. The van der Waals surface area contributed by atoms with Gasteiger partial charge in [0.05, 0.1) is 20.2 Å². The monoisotopic (exact) mass is 746 g/mol. The SMILES string of the molecule is COc1ccccc1CN(CC(=O)N(Cc1cc(C2CC2)cc(C(C)(C)C)c1)c1ccc(C(=O)O)c(O)c1)S(=O)(=O)c1c(F)c(F)c(F)c(F)c1F. The van der Waals surface area contributed by atoms with Crippen LogP contribution in [0.4, 0.5) is 27.6 Å². The van der Waals surface area contributed by atoms with Gasteiger partial charge in [-0.2, -0.15) is 4.31 Å². The molecule has 1 aliphatic rings. The predicted octanol–water partition coefficient (Wildman–Crippen LogP) is 7.39. The number of anilines is 1. The van der Waals surface area contributed by atoms with E-state index in [0.29, 0.717) is 5.56 Å². The fraction of sp³-hybridized carbons (Fsp3) is 0.297. The summed E-state index contributed by atoms with van der Waals surface area (Å²) >= 11 is 0. The van der Waals surface area contributed by atoms with Crippen molar-refractivity contribution in [2.45, 2.75) is 62.9 Å². The van der Waals surface area contributed by atoms with Crippen LogP contribution in [0.2, 0.25) is 0 Å². The zero-order chi connectivity index (χ0) is 38.3. The highest BCUT2D eigenvalue weighted by Crippen LogP contribution is 2.42. The molecule has 0 bridgehead atoms. The number of ether oxygens (including phenoxy) is 1. The second-order valence-electron chi connectivity index (χ2n) is 13.5. The van der Waals surface area contributed by atoms with Crippen LogP contribution in [0, 0.1) is 29.1 Å². The zero-order valence-corrected chi connectivity index (χ0v) is 29.3. The van der Waals surface area contributed by atoms with Crippen molar-refractivity contribution in [3.05, 3.63) is 118 Å². The molecule has 1 aliphatic carbocycles. The number of hydrogen-bond donors (Lipinski definition) is 2. The third kappa shape index (κ3) is 7.75. The number of carboxylic acids is 1. The molecule has 15 heteroatoms. The first kappa shape index (κ1) is 38.2. The Morgan fingerprint density at radius 3 is 2.04 bits per heavy atom. The number of phenols is 1. The van der Waals surface area contributed by atoms with Gasteiger partial charge >= 0.3 is 5.97 Å². The van der Waals surface area contributed by atoms with E-state index < -0.39 is 80.3 Å². The molecule has 0 radical (unpaired) electrons. The van der Waals surface area contributed by atoms with Crippen LogP contribution in [-0.4, -0.2) is 48.5 Å². The largest absolute Gasteiger partial charge is 0.507 e. The van der Waals surface area contributed by atoms with Gasteiger partial charge in [0.1, 0.15) is 17.1 Å². The van der Waals surface area contributed by atoms with E-state index in [1.165, 1.54) is 37.4 Å². The number of aromatic carboxylic acids is 1. The number of amides is 1. The highest BCUT2D eigenvalue weighted by Gasteiger charge is 2.39. The van der Waals surface area contributed by atoms with Crippen LogP contribution in [0.5, 0.6) is 11.5 Å². The third-order valence-electron chi connectivity index (χ3n) is 8.71. The van der Waals surface area contributed by atoms with Crippen molar-refractivity contribution in [1.82, 2.24) is 4.31 Å². The highest BCUT2D eigenvalue weighted by atomic mass is 32.2. The number of carbonyl (C=O) groups excluding carboxylic acids is 1. The van der Waals surface area contributed by atoms with E-state index in [2.05, 4.69) is 6.07 Å². The first-order chi connectivity index (χ1) is 24.3. The molecule has 2 N–H and O–H groups in total. The Morgan fingerprint density at radius 1 is 0.865 bits per heavy atom. The maximum Gasteiger partial charge on any atom is 0.339 e. The van der Waals surface area contributed by atoms with Crippen molar-refractivity contribution in [2.24, 2.45) is 0 Å². The number of nitrogens with zero attached hydrogens (tertiary/aromatic N) is 2. The number of benzene rings is 4. The number of halogens is 5. The van der Waals surface area contributed by atoms with Gasteiger partial charge in [0.15, 0.2) is 28.2 Å². The minimum Gasteiger partial charge on any atom is -0.507 e. The van der Waals surface area contributed by atoms with Crippen molar-refractivity contribution in [3.8, 4) is 11.5 Å². The Labute approximate surface area is 296 Å². The molecule has 4 aromatic carbocycles. The normalized spacial score (nSPS) is 13.3. The molecule has 1 saturated carbocycles. The quantitative estimate of drug-likeness (QED) is 0.0880. The van der Waals surface area contributed by atoms with Gasteiger partial charge in [0.25, 0.3) is 0 Å². The van der Waals surface area contributed by atoms with Crippen LogP contribution in [0.1, 0.15) is 72.1 Å². The van der Waals surface area contributed by atoms with Gasteiger partial charge in [-0.1, -0.05) is 57.2 Å². The second kappa shape index (κ2) is 14.5. The number of carboxylic acid groups (broad SMARTS) is 1. The van der Waals surface area contributed by atoms with Crippen molar-refractivity contribution in [2.75, 3.05) is 18.6 Å². The maximum absolute atomic E-state index is 15.1. The molecular weight excluding hydrogens is 711 g/mol. The van der Waals surface area contributed by atoms with Crippen LogP contribution in [-0.2, 0) is 33.3 Å². The summed E-state index contributed by atoms with van der Waals surface area (Å²) < 4.78 is 106. The Bertz CT molecular complexity index is 2140. The molecule has 5 rings (SSSR count). The number of para-hydroxylation sites is 1. The Balaban J connectivity index is 1.65. The molecule has 1 fully saturated rings. The molecule has 4 aromatic rings. The summed E-state index contributed by atoms with van der Waals surface area (Å²) in [7, 11) is -4.43. The maximum atomic E-state index is 15.1. The fourth-order valence-electron chi connectivity index (χ4n) is 5.70. The standard InChI is InChI=1S/C37H35F5N2O7S/c1-37(2,3)24-14-20(13-23(15-24)21-9-10-21)17-44(25-11-12-26(36(47)48)27(45)16-25)29(46)19-43(18-22-7-5-6-8-28(22)51-4)52(49,50)35-33(41)31(39)30(38)32(40)34(35)42/h5-8,11-16,21,45H,9-10,17-19H2,1-4H3,(H,47,48). The van der Waals surface area contributed by atoms with E-state index in [4.69, 9.17) is 4.74 Å². The molecule has 276 valence electrons. The second-order valence-corrected chi connectivity index (χ2v) is 15.3. The smallest absolute Gasteiger partial charge is 0.339 e. The van der Waals surface area contributed by atoms with Crippen LogP contribution in [0.15, 0.2) is 65.6 Å². The average Bonchev–Trinajstić information content (AvgIpc) is 3.94. The molecule has 0 atom stereocenters. The Morgan fingerprint density at radius 2 is 1.48 bits per heavy atom. The zero-order valence-electron chi connectivity index (χ0n) is 28.5. The molecular formula is C37H35F5N2O7S. The van der Waals surface area contributed by atoms with E-state index in [1.54, 1.807) is 0 Å². The minimum absolute atomic E-state index is 0.0761.